The largest absolute Gasteiger partial charge is 0.493 e. The van der Waals surface area contributed by atoms with Gasteiger partial charge < -0.3 is 10.1 Å². The lowest BCUT2D eigenvalue weighted by Gasteiger charge is -2.09. The van der Waals surface area contributed by atoms with Crippen LogP contribution in [0.5, 0.6) is 5.75 Å². The van der Waals surface area contributed by atoms with Crippen LogP contribution in [0, 0.1) is 20.8 Å². The molecule has 1 N–H and O–H groups in total. The zero-order chi connectivity index (χ0) is 17.8. The molecule has 0 bridgehead atoms. The summed E-state index contributed by atoms with van der Waals surface area (Å²) in [5.74, 6) is 0.854. The summed E-state index contributed by atoms with van der Waals surface area (Å²) in [6.07, 6.45) is 1.09. The summed E-state index contributed by atoms with van der Waals surface area (Å²) in [5.41, 5.74) is 4.45. The molecule has 5 heteroatoms. The van der Waals surface area contributed by atoms with E-state index in [-0.39, 0.29) is 5.91 Å². The van der Waals surface area contributed by atoms with Crippen molar-refractivity contribution in [2.75, 3.05) is 11.9 Å². The number of fused-ring (bicyclic) bond motifs is 1. The highest BCUT2D eigenvalue weighted by Gasteiger charge is 2.08. The van der Waals surface area contributed by atoms with Gasteiger partial charge in [0.1, 0.15) is 5.75 Å². The number of benzene rings is 2. The third kappa shape index (κ3) is 4.57. The van der Waals surface area contributed by atoms with Gasteiger partial charge in [0.2, 0.25) is 5.91 Å². The van der Waals surface area contributed by atoms with Gasteiger partial charge in [-0.2, -0.15) is 0 Å². The molecule has 0 unspecified atom stereocenters. The van der Waals surface area contributed by atoms with Crippen LogP contribution in [0.3, 0.4) is 0 Å². The van der Waals surface area contributed by atoms with E-state index in [0.717, 1.165) is 21.5 Å². The molecule has 0 aliphatic heterocycles. The van der Waals surface area contributed by atoms with E-state index in [1.165, 1.54) is 22.5 Å². The Morgan fingerprint density at radius 2 is 1.88 bits per heavy atom. The van der Waals surface area contributed by atoms with Gasteiger partial charge in [-0.05, 0) is 56.5 Å². The monoisotopic (exact) mass is 354 g/mol. The van der Waals surface area contributed by atoms with Crippen LogP contribution in [-0.2, 0) is 4.79 Å². The molecule has 0 saturated heterocycles. The molecule has 0 atom stereocenters. The summed E-state index contributed by atoms with van der Waals surface area (Å²) in [6.45, 7) is 6.66. The second-order valence-electron chi connectivity index (χ2n) is 6.26. The average Bonchev–Trinajstić information content (AvgIpc) is 2.94. The van der Waals surface area contributed by atoms with Crippen molar-refractivity contribution in [3.8, 4) is 5.75 Å². The minimum atomic E-state index is -0.0278. The first-order valence-corrected chi connectivity index (χ1v) is 9.20. The second-order valence-corrected chi connectivity index (χ2v) is 7.29. The van der Waals surface area contributed by atoms with Crippen molar-refractivity contribution in [3.63, 3.8) is 0 Å². The standard InChI is InChI=1S/C20H22N2O2S/c1-13-7-9-17(15(3)11-13)24-10-4-5-19(23)22-20-21-16-8-6-14(2)12-18(16)25-20/h6-9,11-12H,4-5,10H2,1-3H3,(H,21,22,23). The number of amides is 1. The highest BCUT2D eigenvalue weighted by atomic mass is 32.1. The number of anilines is 1. The summed E-state index contributed by atoms with van der Waals surface area (Å²) in [6, 6.07) is 12.2. The van der Waals surface area contributed by atoms with Crippen LogP contribution in [0.2, 0.25) is 0 Å². The third-order valence-corrected chi connectivity index (χ3v) is 4.86. The fraction of sp³-hybridized carbons (Fsp3) is 0.300. The van der Waals surface area contributed by atoms with Gasteiger partial charge in [-0.3, -0.25) is 4.79 Å². The molecule has 3 rings (SSSR count). The molecule has 1 amide bonds. The Morgan fingerprint density at radius 3 is 2.68 bits per heavy atom. The van der Waals surface area contributed by atoms with E-state index >= 15 is 0 Å². The number of nitrogens with one attached hydrogen (secondary N) is 1. The highest BCUT2D eigenvalue weighted by molar-refractivity contribution is 7.22. The number of hydrogen-bond acceptors (Lipinski definition) is 4. The van der Waals surface area contributed by atoms with Crippen LogP contribution >= 0.6 is 11.3 Å². The molecule has 0 fully saturated rings. The number of aryl methyl sites for hydroxylation is 3. The van der Waals surface area contributed by atoms with E-state index in [1.807, 2.05) is 38.1 Å². The number of carbonyl (C=O) groups excluding carboxylic acids is 1. The van der Waals surface area contributed by atoms with Gasteiger partial charge in [-0.25, -0.2) is 4.98 Å². The first-order chi connectivity index (χ1) is 12.0. The predicted octanol–water partition coefficient (Wildman–Crippen LogP) is 5.02. The summed E-state index contributed by atoms with van der Waals surface area (Å²) in [5, 5.41) is 3.53. The molecule has 1 heterocycles. The Kier molecular flexibility index (Phi) is 5.34. The van der Waals surface area contributed by atoms with Gasteiger partial charge >= 0.3 is 0 Å². The number of aromatic nitrogens is 1. The lowest BCUT2D eigenvalue weighted by Crippen LogP contribution is -2.12. The van der Waals surface area contributed by atoms with Crippen LogP contribution < -0.4 is 10.1 Å². The Balaban J connectivity index is 1.47. The lowest BCUT2D eigenvalue weighted by molar-refractivity contribution is -0.116. The highest BCUT2D eigenvalue weighted by Crippen LogP contribution is 2.26. The topological polar surface area (TPSA) is 51.2 Å². The van der Waals surface area contributed by atoms with Crippen LogP contribution in [-0.4, -0.2) is 17.5 Å². The molecule has 3 aromatic rings. The molecule has 1 aromatic heterocycles. The fourth-order valence-electron chi connectivity index (χ4n) is 2.64. The van der Waals surface area contributed by atoms with E-state index in [2.05, 4.69) is 29.4 Å². The molecular formula is C20H22N2O2S. The molecule has 0 spiro atoms. The van der Waals surface area contributed by atoms with E-state index in [4.69, 9.17) is 4.74 Å². The molecule has 0 aliphatic carbocycles. The van der Waals surface area contributed by atoms with Gasteiger partial charge in [0, 0.05) is 6.42 Å². The molecule has 4 nitrogen and oxygen atoms in total. The van der Waals surface area contributed by atoms with Crippen LogP contribution in [0.4, 0.5) is 5.13 Å². The molecular weight excluding hydrogens is 332 g/mol. The Morgan fingerprint density at radius 1 is 1.12 bits per heavy atom. The van der Waals surface area contributed by atoms with Crippen molar-refractivity contribution in [2.45, 2.75) is 33.6 Å². The fourth-order valence-corrected chi connectivity index (χ4v) is 3.62. The summed E-state index contributed by atoms with van der Waals surface area (Å²) in [7, 11) is 0. The van der Waals surface area contributed by atoms with E-state index in [0.29, 0.717) is 24.6 Å². The summed E-state index contributed by atoms with van der Waals surface area (Å²) in [4.78, 5) is 16.5. The first kappa shape index (κ1) is 17.4. The van der Waals surface area contributed by atoms with Gasteiger partial charge in [0.05, 0.1) is 16.8 Å². The molecule has 2 aromatic carbocycles. The van der Waals surface area contributed by atoms with Crippen LogP contribution in [0.1, 0.15) is 29.5 Å². The Hall–Kier alpha value is -2.40. The number of thiazole rings is 1. The van der Waals surface area contributed by atoms with Crippen molar-refractivity contribution in [1.82, 2.24) is 4.98 Å². The zero-order valence-corrected chi connectivity index (χ0v) is 15.6. The maximum Gasteiger partial charge on any atom is 0.226 e. The van der Waals surface area contributed by atoms with Gasteiger partial charge in [0.25, 0.3) is 0 Å². The minimum absolute atomic E-state index is 0.0278. The third-order valence-electron chi connectivity index (χ3n) is 3.93. The summed E-state index contributed by atoms with van der Waals surface area (Å²) < 4.78 is 6.85. The summed E-state index contributed by atoms with van der Waals surface area (Å²) >= 11 is 1.50. The minimum Gasteiger partial charge on any atom is -0.493 e. The molecule has 25 heavy (non-hydrogen) atoms. The van der Waals surface area contributed by atoms with Crippen molar-refractivity contribution in [2.24, 2.45) is 0 Å². The van der Waals surface area contributed by atoms with E-state index in [9.17, 15) is 4.79 Å². The molecule has 0 radical (unpaired) electrons. The Labute approximate surface area is 151 Å². The Bertz CT molecular complexity index is 902. The number of carbonyl (C=O) groups is 1. The van der Waals surface area contributed by atoms with Gasteiger partial charge in [-0.15, -0.1) is 0 Å². The number of rotatable bonds is 6. The smallest absolute Gasteiger partial charge is 0.226 e. The predicted molar refractivity (Wildman–Crippen MR) is 104 cm³/mol. The van der Waals surface area contributed by atoms with Gasteiger partial charge in [-0.1, -0.05) is 35.1 Å². The van der Waals surface area contributed by atoms with Crippen LogP contribution in [0.15, 0.2) is 36.4 Å². The van der Waals surface area contributed by atoms with Crippen molar-refractivity contribution < 1.29 is 9.53 Å². The molecule has 130 valence electrons. The number of ether oxygens (including phenoxy) is 1. The van der Waals surface area contributed by atoms with Gasteiger partial charge in [0.15, 0.2) is 5.13 Å². The lowest BCUT2D eigenvalue weighted by atomic mass is 10.1. The average molecular weight is 354 g/mol. The normalized spacial score (nSPS) is 10.8. The first-order valence-electron chi connectivity index (χ1n) is 8.38. The SMILES string of the molecule is Cc1ccc(OCCCC(=O)Nc2nc3ccc(C)cc3s2)c(C)c1. The van der Waals surface area contributed by atoms with Crippen molar-refractivity contribution >= 4 is 32.6 Å². The van der Waals surface area contributed by atoms with E-state index < -0.39 is 0 Å². The quantitative estimate of drug-likeness (QED) is 0.632. The molecule has 0 saturated carbocycles. The number of nitrogens with zero attached hydrogens (tertiary/aromatic N) is 1. The maximum atomic E-state index is 12.1. The van der Waals surface area contributed by atoms with E-state index in [1.54, 1.807) is 0 Å². The van der Waals surface area contributed by atoms with Crippen LogP contribution in [0.25, 0.3) is 10.2 Å². The maximum absolute atomic E-state index is 12.1. The molecule has 0 aliphatic rings. The zero-order valence-electron chi connectivity index (χ0n) is 14.8. The van der Waals surface area contributed by atoms with Crippen molar-refractivity contribution in [3.05, 3.63) is 53.1 Å². The number of hydrogen-bond donors (Lipinski definition) is 1. The second kappa shape index (κ2) is 7.66. The van der Waals surface area contributed by atoms with Crippen molar-refractivity contribution in [1.29, 1.82) is 0 Å².